The van der Waals surface area contributed by atoms with Crippen molar-refractivity contribution in [2.24, 2.45) is 5.92 Å². The van der Waals surface area contributed by atoms with E-state index in [9.17, 15) is 13.5 Å². The van der Waals surface area contributed by atoms with E-state index in [4.69, 9.17) is 0 Å². The summed E-state index contributed by atoms with van der Waals surface area (Å²) >= 11 is 0. The molecule has 16 heavy (non-hydrogen) atoms. The Hall–Kier alpha value is -1.07. The van der Waals surface area contributed by atoms with Gasteiger partial charge in [0.05, 0.1) is 4.90 Å². The van der Waals surface area contributed by atoms with Crippen molar-refractivity contribution in [1.82, 2.24) is 4.72 Å². The van der Waals surface area contributed by atoms with E-state index < -0.39 is 10.0 Å². The van der Waals surface area contributed by atoms with E-state index in [1.54, 1.807) is 0 Å². The van der Waals surface area contributed by atoms with Crippen LogP contribution in [-0.4, -0.2) is 19.6 Å². The number of hydrogen-bond acceptors (Lipinski definition) is 3. The van der Waals surface area contributed by atoms with Gasteiger partial charge in [-0.3, -0.25) is 0 Å². The minimum absolute atomic E-state index is 0.0349. The zero-order chi connectivity index (χ0) is 11.8. The lowest BCUT2D eigenvalue weighted by molar-refractivity contribution is 0.472. The van der Waals surface area contributed by atoms with E-state index in [1.807, 2.05) is 6.92 Å². The molecule has 0 bridgehead atoms. The minimum Gasteiger partial charge on any atom is -0.508 e. The smallest absolute Gasteiger partial charge is 0.240 e. The van der Waals surface area contributed by atoms with Crippen LogP contribution in [0, 0.1) is 5.92 Å². The summed E-state index contributed by atoms with van der Waals surface area (Å²) in [6.45, 7) is 1.87. The molecular weight excluding hydrogens is 226 g/mol. The van der Waals surface area contributed by atoms with Gasteiger partial charge >= 0.3 is 0 Å². The van der Waals surface area contributed by atoms with Gasteiger partial charge in [-0.1, -0.05) is 6.07 Å². The maximum Gasteiger partial charge on any atom is 0.240 e. The Morgan fingerprint density at radius 2 is 2.12 bits per heavy atom. The van der Waals surface area contributed by atoms with Crippen LogP contribution in [0.1, 0.15) is 19.8 Å². The number of benzene rings is 1. The van der Waals surface area contributed by atoms with Gasteiger partial charge in [0, 0.05) is 6.04 Å². The molecule has 1 unspecified atom stereocenters. The average Bonchev–Trinajstić information content (AvgIpc) is 3.00. The maximum absolute atomic E-state index is 11.9. The van der Waals surface area contributed by atoms with Crippen LogP contribution in [-0.2, 0) is 10.0 Å². The first kappa shape index (κ1) is 11.4. The molecule has 1 aliphatic rings. The fraction of sp³-hybridized carbons (Fsp3) is 0.455. The van der Waals surface area contributed by atoms with Crippen molar-refractivity contribution in [3.8, 4) is 5.75 Å². The highest BCUT2D eigenvalue weighted by Gasteiger charge is 2.31. The second-order valence-electron chi connectivity index (χ2n) is 4.24. The first-order chi connectivity index (χ1) is 7.49. The van der Waals surface area contributed by atoms with Gasteiger partial charge in [0.1, 0.15) is 5.75 Å². The van der Waals surface area contributed by atoms with Gasteiger partial charge in [0.2, 0.25) is 10.0 Å². The molecular formula is C11H15NO3S. The van der Waals surface area contributed by atoms with Crippen molar-refractivity contribution < 1.29 is 13.5 Å². The molecule has 0 radical (unpaired) electrons. The standard InChI is InChI=1S/C11H15NO3S/c1-8(9-5-6-9)12-16(14,15)11-4-2-3-10(13)7-11/h2-4,7-9,12-13H,5-6H2,1H3. The van der Waals surface area contributed by atoms with Crippen LogP contribution >= 0.6 is 0 Å². The van der Waals surface area contributed by atoms with Crippen molar-refractivity contribution >= 4 is 10.0 Å². The third kappa shape index (κ3) is 2.54. The SMILES string of the molecule is CC(NS(=O)(=O)c1cccc(O)c1)C1CC1. The molecule has 1 aromatic rings. The summed E-state index contributed by atoms with van der Waals surface area (Å²) in [7, 11) is -3.50. The number of sulfonamides is 1. The molecule has 88 valence electrons. The lowest BCUT2D eigenvalue weighted by atomic mass is 10.2. The van der Waals surface area contributed by atoms with E-state index in [2.05, 4.69) is 4.72 Å². The van der Waals surface area contributed by atoms with Crippen LogP contribution in [0.2, 0.25) is 0 Å². The van der Waals surface area contributed by atoms with Gasteiger partial charge in [0.15, 0.2) is 0 Å². The zero-order valence-corrected chi connectivity index (χ0v) is 9.87. The summed E-state index contributed by atoms with van der Waals surface area (Å²) in [6, 6.07) is 5.66. The Morgan fingerprint density at radius 1 is 1.44 bits per heavy atom. The highest BCUT2D eigenvalue weighted by Crippen LogP contribution is 2.33. The van der Waals surface area contributed by atoms with Gasteiger partial charge in [-0.05, 0) is 43.9 Å². The Labute approximate surface area is 95.4 Å². The highest BCUT2D eigenvalue weighted by molar-refractivity contribution is 7.89. The number of rotatable bonds is 4. The predicted octanol–water partition coefficient (Wildman–Crippen LogP) is 1.47. The van der Waals surface area contributed by atoms with Crippen LogP contribution in [0.3, 0.4) is 0 Å². The summed E-state index contributed by atoms with van der Waals surface area (Å²) in [5.74, 6) is 0.425. The summed E-state index contributed by atoms with van der Waals surface area (Å²) in [4.78, 5) is 0.111. The lowest BCUT2D eigenvalue weighted by Crippen LogP contribution is -2.33. The monoisotopic (exact) mass is 241 g/mol. The van der Waals surface area contributed by atoms with E-state index in [1.165, 1.54) is 24.3 Å². The van der Waals surface area contributed by atoms with Gasteiger partial charge in [0.25, 0.3) is 0 Å². The minimum atomic E-state index is -3.50. The Kier molecular flexibility index (Phi) is 2.90. The molecule has 1 aliphatic carbocycles. The predicted molar refractivity (Wildman–Crippen MR) is 60.6 cm³/mol. The third-order valence-corrected chi connectivity index (χ3v) is 4.35. The Balaban J connectivity index is 2.17. The normalized spacial score (nSPS) is 18.3. The fourth-order valence-electron chi connectivity index (χ4n) is 1.66. The molecule has 1 fully saturated rings. The van der Waals surface area contributed by atoms with Crippen molar-refractivity contribution in [1.29, 1.82) is 0 Å². The van der Waals surface area contributed by atoms with Crippen molar-refractivity contribution in [2.45, 2.75) is 30.7 Å². The molecule has 0 heterocycles. The Bertz CT molecular complexity index is 480. The number of aromatic hydroxyl groups is 1. The van der Waals surface area contributed by atoms with E-state index in [0.29, 0.717) is 5.92 Å². The average molecular weight is 241 g/mol. The first-order valence-corrected chi connectivity index (χ1v) is 6.79. The summed E-state index contributed by atoms with van der Waals surface area (Å²) < 4.78 is 26.4. The van der Waals surface area contributed by atoms with Gasteiger partial charge in [-0.25, -0.2) is 13.1 Å². The van der Waals surface area contributed by atoms with Gasteiger partial charge < -0.3 is 5.11 Å². The molecule has 2 N–H and O–H groups in total. The molecule has 0 saturated heterocycles. The van der Waals surface area contributed by atoms with Crippen molar-refractivity contribution in [3.05, 3.63) is 24.3 Å². The molecule has 0 aliphatic heterocycles. The largest absolute Gasteiger partial charge is 0.508 e. The fourth-order valence-corrected chi connectivity index (χ4v) is 3.01. The zero-order valence-electron chi connectivity index (χ0n) is 9.05. The Morgan fingerprint density at radius 3 is 2.69 bits per heavy atom. The molecule has 0 amide bonds. The van der Waals surface area contributed by atoms with Crippen LogP contribution in [0.4, 0.5) is 0 Å². The quantitative estimate of drug-likeness (QED) is 0.839. The second-order valence-corrected chi connectivity index (χ2v) is 5.96. The summed E-state index contributed by atoms with van der Waals surface area (Å²) in [6.07, 6.45) is 2.17. The van der Waals surface area contributed by atoms with Crippen LogP contribution in [0.15, 0.2) is 29.2 Å². The van der Waals surface area contributed by atoms with Crippen LogP contribution in [0.25, 0.3) is 0 Å². The molecule has 0 aromatic heterocycles. The number of nitrogens with one attached hydrogen (secondary N) is 1. The summed E-state index contributed by atoms with van der Waals surface area (Å²) in [5, 5.41) is 9.24. The third-order valence-electron chi connectivity index (χ3n) is 2.80. The van der Waals surface area contributed by atoms with Crippen LogP contribution < -0.4 is 4.72 Å². The molecule has 1 aromatic carbocycles. The van der Waals surface area contributed by atoms with Gasteiger partial charge in [-0.15, -0.1) is 0 Å². The highest BCUT2D eigenvalue weighted by atomic mass is 32.2. The number of phenolic OH excluding ortho intramolecular Hbond substituents is 1. The van der Waals surface area contributed by atoms with E-state index in [-0.39, 0.29) is 16.7 Å². The molecule has 4 nitrogen and oxygen atoms in total. The first-order valence-electron chi connectivity index (χ1n) is 5.30. The number of hydrogen-bond donors (Lipinski definition) is 2. The van der Waals surface area contributed by atoms with Crippen molar-refractivity contribution in [2.75, 3.05) is 0 Å². The maximum atomic E-state index is 11.9. The molecule has 0 spiro atoms. The topological polar surface area (TPSA) is 66.4 Å². The van der Waals surface area contributed by atoms with E-state index in [0.717, 1.165) is 12.8 Å². The lowest BCUT2D eigenvalue weighted by Gasteiger charge is -2.13. The summed E-state index contributed by atoms with van der Waals surface area (Å²) in [5.41, 5.74) is 0. The molecule has 1 saturated carbocycles. The number of phenols is 1. The van der Waals surface area contributed by atoms with Gasteiger partial charge in [-0.2, -0.15) is 0 Å². The van der Waals surface area contributed by atoms with E-state index >= 15 is 0 Å². The van der Waals surface area contributed by atoms with Crippen molar-refractivity contribution in [3.63, 3.8) is 0 Å². The molecule has 5 heteroatoms. The van der Waals surface area contributed by atoms with Crippen LogP contribution in [0.5, 0.6) is 5.75 Å². The second kappa shape index (κ2) is 4.07. The molecule has 1 atom stereocenters. The molecule has 2 rings (SSSR count).